The van der Waals surface area contributed by atoms with Gasteiger partial charge in [-0.2, -0.15) is 0 Å². The van der Waals surface area contributed by atoms with E-state index in [0.717, 1.165) is 12.8 Å². The minimum Gasteiger partial charge on any atom is -0.342 e. The molecular formula is C16H29N3O3S. The standard InChI is InChI=1S/C16H29N3O3S/c1-11(2)9-16(3)14(20)19(15(17)18-16)10-12-6-5-7-13(8-12)23(4,21)22/h11-13H,5-10H2,1-4H3,(H2,17,18). The molecule has 0 spiro atoms. The maximum atomic E-state index is 12.7. The summed E-state index contributed by atoms with van der Waals surface area (Å²) in [6.45, 7) is 6.42. The highest BCUT2D eigenvalue weighted by atomic mass is 32.2. The number of guanidine groups is 1. The largest absolute Gasteiger partial charge is 0.342 e. The lowest BCUT2D eigenvalue weighted by atomic mass is 9.87. The van der Waals surface area contributed by atoms with Crippen molar-refractivity contribution in [2.24, 2.45) is 11.8 Å². The molecule has 1 heterocycles. The molecule has 6 nitrogen and oxygen atoms in total. The van der Waals surface area contributed by atoms with Crippen LogP contribution in [0.5, 0.6) is 0 Å². The highest BCUT2D eigenvalue weighted by molar-refractivity contribution is 7.91. The van der Waals surface area contributed by atoms with E-state index >= 15 is 0 Å². The van der Waals surface area contributed by atoms with Crippen LogP contribution in [0.25, 0.3) is 0 Å². The van der Waals surface area contributed by atoms with Gasteiger partial charge in [0.25, 0.3) is 5.91 Å². The summed E-state index contributed by atoms with van der Waals surface area (Å²) in [5, 5.41) is 10.8. The van der Waals surface area contributed by atoms with Gasteiger partial charge in [0.15, 0.2) is 5.96 Å². The maximum Gasteiger partial charge on any atom is 0.254 e. The maximum absolute atomic E-state index is 12.7. The normalized spacial score (nSPS) is 32.5. The minimum absolute atomic E-state index is 0.0577. The van der Waals surface area contributed by atoms with Crippen LogP contribution >= 0.6 is 0 Å². The molecule has 1 aliphatic carbocycles. The lowest BCUT2D eigenvalue weighted by molar-refractivity contribution is -0.131. The number of carbonyl (C=O) groups excluding carboxylic acids is 1. The van der Waals surface area contributed by atoms with Crippen molar-refractivity contribution >= 4 is 21.7 Å². The van der Waals surface area contributed by atoms with E-state index < -0.39 is 15.4 Å². The first kappa shape index (κ1) is 18.2. The molecule has 1 saturated carbocycles. The first-order chi connectivity index (χ1) is 10.5. The van der Waals surface area contributed by atoms with Crippen LogP contribution in [-0.2, 0) is 14.6 Å². The summed E-state index contributed by atoms with van der Waals surface area (Å²) in [5.41, 5.74) is -0.712. The zero-order valence-corrected chi connectivity index (χ0v) is 15.4. The number of hydrogen-bond donors (Lipinski definition) is 2. The molecule has 2 N–H and O–H groups in total. The zero-order valence-electron chi connectivity index (χ0n) is 14.6. The van der Waals surface area contributed by atoms with E-state index in [1.807, 2.05) is 6.92 Å². The predicted molar refractivity (Wildman–Crippen MR) is 91.0 cm³/mol. The zero-order chi connectivity index (χ0) is 17.4. The van der Waals surface area contributed by atoms with Crippen molar-refractivity contribution in [3.05, 3.63) is 0 Å². The first-order valence-electron chi connectivity index (χ1n) is 8.40. The van der Waals surface area contributed by atoms with Crippen LogP contribution in [0.15, 0.2) is 0 Å². The molecule has 2 aliphatic rings. The van der Waals surface area contributed by atoms with Gasteiger partial charge < -0.3 is 5.32 Å². The van der Waals surface area contributed by atoms with Gasteiger partial charge in [-0.25, -0.2) is 8.42 Å². The van der Waals surface area contributed by atoms with Crippen LogP contribution in [0.3, 0.4) is 0 Å². The Bertz CT molecular complexity index is 587. The van der Waals surface area contributed by atoms with Gasteiger partial charge in [0.05, 0.1) is 5.25 Å². The Balaban J connectivity index is 2.05. The Hall–Kier alpha value is -1.11. The molecule has 3 unspecified atom stereocenters. The number of rotatable bonds is 5. The van der Waals surface area contributed by atoms with Crippen molar-refractivity contribution in [3.8, 4) is 0 Å². The Morgan fingerprint density at radius 3 is 2.61 bits per heavy atom. The number of sulfone groups is 1. The summed E-state index contributed by atoms with van der Waals surface area (Å²) >= 11 is 0. The minimum atomic E-state index is -3.03. The molecule has 0 aromatic heterocycles. The third-order valence-electron chi connectivity index (χ3n) is 4.98. The second-order valence-electron chi connectivity index (χ2n) is 7.80. The number of nitrogens with one attached hydrogen (secondary N) is 2. The van der Waals surface area contributed by atoms with Crippen molar-refractivity contribution in [2.75, 3.05) is 12.8 Å². The predicted octanol–water partition coefficient (Wildman–Crippen LogP) is 1.76. The molecule has 7 heteroatoms. The van der Waals surface area contributed by atoms with Crippen molar-refractivity contribution in [2.45, 2.75) is 63.7 Å². The summed E-state index contributed by atoms with van der Waals surface area (Å²) in [5.74, 6) is 0.599. The molecule has 2 rings (SSSR count). The smallest absolute Gasteiger partial charge is 0.254 e. The monoisotopic (exact) mass is 343 g/mol. The summed E-state index contributed by atoms with van der Waals surface area (Å²) in [7, 11) is -3.03. The van der Waals surface area contributed by atoms with Crippen molar-refractivity contribution in [3.63, 3.8) is 0 Å². The average Bonchev–Trinajstić information content (AvgIpc) is 2.61. The summed E-state index contributed by atoms with van der Waals surface area (Å²) in [4.78, 5) is 14.2. The van der Waals surface area contributed by atoms with Gasteiger partial charge in [-0.3, -0.25) is 15.1 Å². The van der Waals surface area contributed by atoms with Gasteiger partial charge in [-0.15, -0.1) is 0 Å². The molecular weight excluding hydrogens is 314 g/mol. The van der Waals surface area contributed by atoms with Gasteiger partial charge >= 0.3 is 0 Å². The number of nitrogens with zero attached hydrogens (tertiary/aromatic N) is 1. The molecule has 1 saturated heterocycles. The fraction of sp³-hybridized carbons (Fsp3) is 0.875. The van der Waals surface area contributed by atoms with Crippen LogP contribution in [0.4, 0.5) is 0 Å². The lowest BCUT2D eigenvalue weighted by Gasteiger charge is -2.31. The number of carbonyl (C=O) groups is 1. The number of amides is 1. The number of hydrogen-bond acceptors (Lipinski definition) is 4. The first-order valence-corrected chi connectivity index (χ1v) is 10.4. The Morgan fingerprint density at radius 1 is 1.39 bits per heavy atom. The molecule has 132 valence electrons. The Kier molecular flexibility index (Phi) is 5.09. The molecule has 1 aliphatic heterocycles. The van der Waals surface area contributed by atoms with E-state index in [4.69, 9.17) is 5.41 Å². The second kappa shape index (κ2) is 6.42. The van der Waals surface area contributed by atoms with Gasteiger partial charge in [0, 0.05) is 12.8 Å². The highest BCUT2D eigenvalue weighted by Crippen LogP contribution is 2.31. The summed E-state index contributed by atoms with van der Waals surface area (Å²) < 4.78 is 23.6. The SMILES string of the molecule is CC(C)CC1(C)NC(=N)N(CC2CCCC(S(C)(=O)=O)C2)C1=O. The second-order valence-corrected chi connectivity index (χ2v) is 10.1. The van der Waals surface area contributed by atoms with E-state index in [1.54, 1.807) is 0 Å². The van der Waals surface area contributed by atoms with Crippen LogP contribution in [0.1, 0.15) is 52.9 Å². The average molecular weight is 343 g/mol. The summed E-state index contributed by atoms with van der Waals surface area (Å²) in [6, 6.07) is 0. The molecule has 2 fully saturated rings. The van der Waals surface area contributed by atoms with E-state index in [1.165, 1.54) is 11.2 Å². The van der Waals surface area contributed by atoms with Crippen molar-refractivity contribution in [1.82, 2.24) is 10.2 Å². The topological polar surface area (TPSA) is 90.3 Å². The molecule has 0 radical (unpaired) electrons. The molecule has 0 aromatic carbocycles. The van der Waals surface area contributed by atoms with E-state index in [-0.39, 0.29) is 23.0 Å². The van der Waals surface area contributed by atoms with Crippen LogP contribution in [0.2, 0.25) is 0 Å². The lowest BCUT2D eigenvalue weighted by Crippen LogP contribution is -2.45. The Labute approximate surface area is 139 Å². The molecule has 3 atom stereocenters. The molecule has 23 heavy (non-hydrogen) atoms. The van der Waals surface area contributed by atoms with Crippen LogP contribution < -0.4 is 5.32 Å². The van der Waals surface area contributed by atoms with Gasteiger partial charge in [0.1, 0.15) is 15.4 Å². The third-order valence-corrected chi connectivity index (χ3v) is 6.62. The van der Waals surface area contributed by atoms with Crippen molar-refractivity contribution < 1.29 is 13.2 Å². The highest BCUT2D eigenvalue weighted by Gasteiger charge is 2.46. The summed E-state index contributed by atoms with van der Waals surface area (Å²) in [6.07, 6.45) is 5.07. The van der Waals surface area contributed by atoms with Crippen LogP contribution in [-0.4, -0.2) is 48.8 Å². The Morgan fingerprint density at radius 2 is 2.04 bits per heavy atom. The van der Waals surface area contributed by atoms with Gasteiger partial charge in [-0.05, 0) is 44.4 Å². The van der Waals surface area contributed by atoms with E-state index in [0.29, 0.717) is 31.7 Å². The fourth-order valence-corrected chi connectivity index (χ4v) is 5.18. The van der Waals surface area contributed by atoms with Gasteiger partial charge in [0.2, 0.25) is 0 Å². The van der Waals surface area contributed by atoms with Crippen LogP contribution in [0, 0.1) is 17.2 Å². The van der Waals surface area contributed by atoms with E-state index in [2.05, 4.69) is 19.2 Å². The third kappa shape index (κ3) is 4.05. The fourth-order valence-electron chi connectivity index (χ4n) is 3.97. The molecule has 0 bridgehead atoms. The van der Waals surface area contributed by atoms with Gasteiger partial charge in [-0.1, -0.05) is 20.3 Å². The molecule has 1 amide bonds. The van der Waals surface area contributed by atoms with E-state index in [9.17, 15) is 13.2 Å². The van der Waals surface area contributed by atoms with Crippen molar-refractivity contribution in [1.29, 1.82) is 5.41 Å². The molecule has 0 aromatic rings. The quantitative estimate of drug-likeness (QED) is 0.796.